The van der Waals surface area contributed by atoms with E-state index < -0.39 is 6.36 Å². The molecule has 0 aliphatic rings. The van der Waals surface area contributed by atoms with Gasteiger partial charge in [-0.25, -0.2) is 0 Å². The minimum absolute atomic E-state index is 0.0355. The molecule has 0 fully saturated rings. The van der Waals surface area contributed by atoms with Crippen LogP contribution in [-0.2, 0) is 16.1 Å². The molecule has 0 aromatic heterocycles. The Balaban J connectivity index is 2.49. The lowest BCUT2D eigenvalue weighted by Gasteiger charge is -2.10. The lowest BCUT2D eigenvalue weighted by atomic mass is 10.2. The summed E-state index contributed by atoms with van der Waals surface area (Å²) in [6.07, 6.45) is -5.00. The molecule has 0 saturated carbocycles. The number of hydrogen-bond donors (Lipinski definition) is 0. The highest BCUT2D eigenvalue weighted by Crippen LogP contribution is 2.23. The number of carbonyl (C=O) groups is 1. The van der Waals surface area contributed by atoms with E-state index in [1.807, 2.05) is 0 Å². The number of hydrogen-bond acceptors (Lipinski definition) is 4. The maximum absolute atomic E-state index is 12.0. The Morgan fingerprint density at radius 1 is 1.37 bits per heavy atom. The molecule has 0 saturated heterocycles. The third-order valence-electron chi connectivity index (χ3n) is 1.94. The zero-order valence-electron chi connectivity index (χ0n) is 9.74. The Hall–Kier alpha value is -2.07. The minimum Gasteiger partial charge on any atom is -0.406 e. The van der Waals surface area contributed by atoms with Crippen LogP contribution >= 0.6 is 0 Å². The van der Waals surface area contributed by atoms with Crippen molar-refractivity contribution < 1.29 is 27.4 Å². The van der Waals surface area contributed by atoms with E-state index >= 15 is 0 Å². The summed E-state index contributed by atoms with van der Waals surface area (Å²) in [5.41, 5.74) is 0.437. The normalized spacial score (nSPS) is 10.8. The number of nitrogens with zero attached hydrogens (tertiary/aromatic N) is 1. The van der Waals surface area contributed by atoms with E-state index in [4.69, 9.17) is 10.00 Å². The van der Waals surface area contributed by atoms with Gasteiger partial charge in [0.1, 0.15) is 12.4 Å². The first kappa shape index (κ1) is 15.0. The Morgan fingerprint density at radius 3 is 2.74 bits per heavy atom. The first-order valence-corrected chi connectivity index (χ1v) is 5.22. The number of ketones is 1. The number of benzene rings is 1. The maximum Gasteiger partial charge on any atom is 0.573 e. The summed E-state index contributed by atoms with van der Waals surface area (Å²) >= 11 is 0. The van der Waals surface area contributed by atoms with Crippen LogP contribution in [0.2, 0.25) is 0 Å². The molecular weight excluding hydrogens is 263 g/mol. The third-order valence-corrected chi connectivity index (χ3v) is 1.94. The second-order valence-electron chi connectivity index (χ2n) is 3.56. The molecule has 4 nitrogen and oxygen atoms in total. The van der Waals surface area contributed by atoms with Crippen LogP contribution in [0.1, 0.15) is 12.0 Å². The molecule has 1 aromatic rings. The van der Waals surface area contributed by atoms with Crippen molar-refractivity contribution in [3.8, 4) is 11.8 Å². The predicted octanol–water partition coefficient (Wildman–Crippen LogP) is 2.58. The average molecular weight is 273 g/mol. The lowest BCUT2D eigenvalue weighted by Crippen LogP contribution is -2.17. The van der Waals surface area contributed by atoms with Crippen LogP contribution < -0.4 is 4.74 Å². The summed E-state index contributed by atoms with van der Waals surface area (Å²) in [7, 11) is 0. The van der Waals surface area contributed by atoms with Crippen LogP contribution in [0.25, 0.3) is 0 Å². The number of alkyl halides is 3. The van der Waals surface area contributed by atoms with Crippen molar-refractivity contribution in [3.05, 3.63) is 29.8 Å². The first-order valence-electron chi connectivity index (χ1n) is 5.22. The number of ether oxygens (including phenoxy) is 2. The number of rotatable bonds is 6. The molecule has 0 unspecified atom stereocenters. The van der Waals surface area contributed by atoms with Gasteiger partial charge in [-0.3, -0.25) is 4.79 Å². The van der Waals surface area contributed by atoms with E-state index in [1.54, 1.807) is 6.07 Å². The van der Waals surface area contributed by atoms with Gasteiger partial charge in [0.15, 0.2) is 5.78 Å². The zero-order chi connectivity index (χ0) is 14.3. The average Bonchev–Trinajstić information content (AvgIpc) is 2.27. The van der Waals surface area contributed by atoms with E-state index in [2.05, 4.69) is 4.74 Å². The molecule has 1 rings (SSSR count). The van der Waals surface area contributed by atoms with Gasteiger partial charge >= 0.3 is 6.36 Å². The van der Waals surface area contributed by atoms with Gasteiger partial charge in [-0.2, -0.15) is 5.26 Å². The number of nitriles is 1. The number of carbonyl (C=O) groups excluding carboxylic acids is 1. The second kappa shape index (κ2) is 6.75. The smallest absolute Gasteiger partial charge is 0.406 e. The van der Waals surface area contributed by atoms with Gasteiger partial charge in [0.25, 0.3) is 0 Å². The van der Waals surface area contributed by atoms with Gasteiger partial charge in [-0.1, -0.05) is 12.1 Å². The third kappa shape index (κ3) is 6.43. The quantitative estimate of drug-likeness (QED) is 0.799. The van der Waals surface area contributed by atoms with Crippen molar-refractivity contribution in [2.24, 2.45) is 0 Å². The van der Waals surface area contributed by atoms with Crippen molar-refractivity contribution in [1.82, 2.24) is 0 Å². The summed E-state index contributed by atoms with van der Waals surface area (Å²) in [4.78, 5) is 11.0. The standard InChI is InChI=1S/C12H10F3NO3/c13-12(14,15)19-11-3-1-2-9(6-11)7-18-8-10(17)4-5-16/h1-3,6H,4,7-8H2. The van der Waals surface area contributed by atoms with Gasteiger partial charge in [0.05, 0.1) is 19.1 Å². The van der Waals surface area contributed by atoms with E-state index in [1.165, 1.54) is 18.2 Å². The van der Waals surface area contributed by atoms with E-state index in [9.17, 15) is 18.0 Å². The lowest BCUT2D eigenvalue weighted by molar-refractivity contribution is -0.274. The Kier molecular flexibility index (Phi) is 5.33. The molecule has 1 aromatic carbocycles. The molecule has 0 heterocycles. The van der Waals surface area contributed by atoms with Gasteiger partial charge < -0.3 is 9.47 Å². The summed E-state index contributed by atoms with van der Waals surface area (Å²) in [5.74, 6) is -0.734. The largest absolute Gasteiger partial charge is 0.573 e. The van der Waals surface area contributed by atoms with E-state index in [0.29, 0.717) is 5.56 Å². The van der Waals surface area contributed by atoms with Crippen molar-refractivity contribution >= 4 is 5.78 Å². The van der Waals surface area contributed by atoms with Gasteiger partial charge in [-0.05, 0) is 17.7 Å². The zero-order valence-corrected chi connectivity index (χ0v) is 9.74. The fourth-order valence-corrected chi connectivity index (χ4v) is 1.25. The number of Topliss-reactive ketones (excluding diaryl/α,β-unsaturated/α-hetero) is 1. The van der Waals surface area contributed by atoms with Crippen LogP contribution in [-0.4, -0.2) is 18.8 Å². The fourth-order valence-electron chi connectivity index (χ4n) is 1.25. The van der Waals surface area contributed by atoms with Gasteiger partial charge in [-0.15, -0.1) is 13.2 Å². The molecule has 0 spiro atoms. The Bertz CT molecular complexity index is 480. The summed E-state index contributed by atoms with van der Waals surface area (Å²) in [6, 6.07) is 6.94. The maximum atomic E-state index is 12.0. The SMILES string of the molecule is N#CCC(=O)COCc1cccc(OC(F)(F)F)c1. The molecule has 0 atom stereocenters. The van der Waals surface area contributed by atoms with Crippen LogP contribution in [0.5, 0.6) is 5.75 Å². The molecule has 0 aliphatic heterocycles. The first-order chi connectivity index (χ1) is 8.90. The van der Waals surface area contributed by atoms with Crippen LogP contribution in [0.3, 0.4) is 0 Å². The molecule has 7 heteroatoms. The Morgan fingerprint density at radius 2 is 2.11 bits per heavy atom. The molecule has 102 valence electrons. The topological polar surface area (TPSA) is 59.3 Å². The molecule has 0 aliphatic carbocycles. The van der Waals surface area contributed by atoms with Crippen molar-refractivity contribution in [2.45, 2.75) is 19.4 Å². The minimum atomic E-state index is -4.75. The van der Waals surface area contributed by atoms with E-state index in [0.717, 1.165) is 6.07 Å². The van der Waals surface area contributed by atoms with Crippen molar-refractivity contribution in [3.63, 3.8) is 0 Å². The molecule has 0 N–H and O–H groups in total. The molecule has 0 bridgehead atoms. The monoisotopic (exact) mass is 273 g/mol. The summed E-state index contributed by atoms with van der Waals surface area (Å²) in [5, 5.41) is 8.25. The van der Waals surface area contributed by atoms with Crippen LogP contribution in [0.4, 0.5) is 13.2 Å². The van der Waals surface area contributed by atoms with E-state index in [-0.39, 0.29) is 31.2 Å². The predicted molar refractivity (Wildman–Crippen MR) is 58.0 cm³/mol. The molecule has 0 radical (unpaired) electrons. The van der Waals surface area contributed by atoms with Crippen molar-refractivity contribution in [1.29, 1.82) is 5.26 Å². The van der Waals surface area contributed by atoms with Gasteiger partial charge in [0.2, 0.25) is 0 Å². The summed E-state index contributed by atoms with van der Waals surface area (Å²) in [6.45, 7) is -0.288. The molecule has 0 amide bonds. The molecule has 19 heavy (non-hydrogen) atoms. The Labute approximate surface area is 107 Å². The van der Waals surface area contributed by atoms with Crippen LogP contribution in [0, 0.1) is 11.3 Å². The fraction of sp³-hybridized carbons (Fsp3) is 0.333. The second-order valence-corrected chi connectivity index (χ2v) is 3.56. The highest BCUT2D eigenvalue weighted by atomic mass is 19.4. The van der Waals surface area contributed by atoms with Crippen LogP contribution in [0.15, 0.2) is 24.3 Å². The highest BCUT2D eigenvalue weighted by Gasteiger charge is 2.31. The number of halogens is 3. The highest BCUT2D eigenvalue weighted by molar-refractivity contribution is 5.81. The van der Waals surface area contributed by atoms with Crippen molar-refractivity contribution in [2.75, 3.05) is 6.61 Å². The molecular formula is C12H10F3NO3. The van der Waals surface area contributed by atoms with Gasteiger partial charge in [0, 0.05) is 0 Å². The summed E-state index contributed by atoms with van der Waals surface area (Å²) < 4.78 is 44.7.